The summed E-state index contributed by atoms with van der Waals surface area (Å²) in [7, 11) is -1.34. The third-order valence-electron chi connectivity index (χ3n) is 9.58. The predicted molar refractivity (Wildman–Crippen MR) is 221 cm³/mol. The smallest absolute Gasteiger partial charge is 0.124 e. The molecule has 0 saturated carbocycles. The Labute approximate surface area is 332 Å². The number of pyridine rings is 1. The van der Waals surface area contributed by atoms with Gasteiger partial charge in [-0.25, -0.2) is 4.39 Å². The van der Waals surface area contributed by atoms with Gasteiger partial charge in [-0.3, -0.25) is 4.98 Å². The zero-order chi connectivity index (χ0) is 37.5. The number of fused-ring (bicyclic) bond motifs is 4. The molecule has 0 atom stereocenters. The Bertz CT molecular complexity index is 2540. The van der Waals surface area contributed by atoms with E-state index in [1.807, 2.05) is 48.5 Å². The minimum atomic E-state index is -1.34. The number of furan rings is 1. The van der Waals surface area contributed by atoms with E-state index in [-0.39, 0.29) is 31.3 Å². The molecule has 7 heteroatoms. The minimum absolute atomic E-state index is 0. The van der Waals surface area contributed by atoms with Crippen LogP contribution in [-0.2, 0) is 31.9 Å². The molecule has 4 nitrogen and oxygen atoms in total. The molecule has 54 heavy (non-hydrogen) atoms. The van der Waals surface area contributed by atoms with Crippen molar-refractivity contribution in [1.82, 2.24) is 14.5 Å². The average Bonchev–Trinajstić information content (AvgIpc) is 3.70. The van der Waals surface area contributed by atoms with Gasteiger partial charge in [0.05, 0.1) is 30.5 Å². The molecule has 3 aromatic heterocycles. The first-order chi connectivity index (χ1) is 25.3. The Morgan fingerprint density at radius 2 is 1.57 bits per heavy atom. The topological polar surface area (TPSA) is 43.9 Å². The fourth-order valence-electron chi connectivity index (χ4n) is 6.93. The first kappa shape index (κ1) is 39.0. The van der Waals surface area contributed by atoms with Crippen molar-refractivity contribution in [2.24, 2.45) is 5.92 Å². The number of aromatic nitrogens is 3. The van der Waals surface area contributed by atoms with Crippen LogP contribution in [0.4, 0.5) is 4.39 Å². The van der Waals surface area contributed by atoms with Crippen LogP contribution in [0.1, 0.15) is 45.7 Å². The molecule has 0 unspecified atom stereocenters. The Kier molecular flexibility index (Phi) is 11.3. The summed E-state index contributed by atoms with van der Waals surface area (Å²) in [6.45, 7) is 18.4. The summed E-state index contributed by atoms with van der Waals surface area (Å²) in [6.07, 6.45) is 3.24. The van der Waals surface area contributed by atoms with E-state index in [2.05, 4.69) is 125 Å². The van der Waals surface area contributed by atoms with Gasteiger partial charge in [-0.15, -0.1) is 54.1 Å². The van der Waals surface area contributed by atoms with Crippen LogP contribution in [0.2, 0.25) is 19.6 Å². The van der Waals surface area contributed by atoms with Crippen molar-refractivity contribution >= 4 is 46.2 Å². The molecular formula is C47H46FIrN3OSi-2. The molecule has 0 spiro atoms. The number of halogens is 1. The molecule has 277 valence electrons. The van der Waals surface area contributed by atoms with Crippen molar-refractivity contribution in [2.75, 3.05) is 0 Å². The van der Waals surface area contributed by atoms with Crippen molar-refractivity contribution in [2.45, 2.75) is 66.1 Å². The van der Waals surface area contributed by atoms with Gasteiger partial charge in [-0.1, -0.05) is 101 Å². The van der Waals surface area contributed by atoms with E-state index in [1.54, 1.807) is 6.07 Å². The van der Waals surface area contributed by atoms with E-state index in [0.29, 0.717) is 17.1 Å². The fourth-order valence-corrected chi connectivity index (χ4v) is 8.52. The van der Waals surface area contributed by atoms with Crippen molar-refractivity contribution in [1.29, 1.82) is 0 Å². The molecule has 0 bridgehead atoms. The van der Waals surface area contributed by atoms with Gasteiger partial charge in [0.2, 0.25) is 0 Å². The van der Waals surface area contributed by atoms with Gasteiger partial charge in [0.15, 0.2) is 0 Å². The molecule has 5 aromatic carbocycles. The molecule has 1 radical (unpaired) electrons. The Balaban J connectivity index is 0.000000205. The van der Waals surface area contributed by atoms with Gasteiger partial charge in [0, 0.05) is 37.4 Å². The summed E-state index contributed by atoms with van der Waals surface area (Å²) >= 11 is 0. The van der Waals surface area contributed by atoms with Gasteiger partial charge in [0.25, 0.3) is 0 Å². The number of nitrogens with zero attached hydrogens (tertiary/aromatic N) is 3. The molecule has 0 aliphatic heterocycles. The van der Waals surface area contributed by atoms with Gasteiger partial charge in [-0.2, -0.15) is 0 Å². The van der Waals surface area contributed by atoms with Crippen molar-refractivity contribution in [3.63, 3.8) is 0 Å². The predicted octanol–water partition coefficient (Wildman–Crippen LogP) is 12.1. The number of hydrogen-bond acceptors (Lipinski definition) is 3. The van der Waals surface area contributed by atoms with E-state index >= 15 is 0 Å². The molecule has 0 N–H and O–H groups in total. The van der Waals surface area contributed by atoms with Crippen molar-refractivity contribution in [3.05, 3.63) is 144 Å². The third-order valence-corrected chi connectivity index (χ3v) is 11.6. The second-order valence-corrected chi connectivity index (χ2v) is 21.3. The number of para-hydroxylation sites is 2. The quantitative estimate of drug-likeness (QED) is 0.123. The van der Waals surface area contributed by atoms with E-state index in [1.165, 1.54) is 28.4 Å². The summed E-state index contributed by atoms with van der Waals surface area (Å²) in [4.78, 5) is 9.65. The molecule has 0 saturated heterocycles. The molecular weight excluding hydrogens is 862 g/mol. The van der Waals surface area contributed by atoms with Crippen LogP contribution < -0.4 is 5.19 Å². The van der Waals surface area contributed by atoms with Crippen LogP contribution in [-0.4, -0.2) is 22.6 Å². The summed E-state index contributed by atoms with van der Waals surface area (Å²) in [5.41, 5.74) is 9.89. The molecule has 0 fully saturated rings. The SMILES string of the molecule is CC(C)(C)c1ccc(-n2c(-c3[c-]ccc4c3oc3ccc(F)cc34)nc3ccccc32)cc1.CC(C)Cc1cc(-c2[c-]cccc2)ncc1[Si](C)(C)C.[Ir]. The average molecular weight is 908 g/mol. The van der Waals surface area contributed by atoms with E-state index in [4.69, 9.17) is 9.40 Å². The largest absolute Gasteiger partial charge is 0.501 e. The van der Waals surface area contributed by atoms with E-state index < -0.39 is 8.07 Å². The molecule has 0 aliphatic rings. The Hall–Kier alpha value is -4.68. The monoisotopic (exact) mass is 908 g/mol. The maximum atomic E-state index is 13.9. The second kappa shape index (κ2) is 15.6. The van der Waals surface area contributed by atoms with Gasteiger partial charge < -0.3 is 14.0 Å². The molecule has 3 heterocycles. The summed E-state index contributed by atoms with van der Waals surface area (Å²) in [6, 6.07) is 42.0. The Morgan fingerprint density at radius 1 is 0.833 bits per heavy atom. The first-order valence-electron chi connectivity index (χ1n) is 18.4. The summed E-state index contributed by atoms with van der Waals surface area (Å²) in [5, 5.41) is 3.09. The Morgan fingerprint density at radius 3 is 2.26 bits per heavy atom. The van der Waals surface area contributed by atoms with Crippen molar-refractivity contribution < 1.29 is 28.9 Å². The third kappa shape index (κ3) is 8.05. The van der Waals surface area contributed by atoms with Crippen LogP contribution in [0.3, 0.4) is 0 Å². The first-order valence-corrected chi connectivity index (χ1v) is 21.9. The van der Waals surface area contributed by atoms with Crippen LogP contribution >= 0.6 is 0 Å². The molecule has 8 aromatic rings. The number of imidazole rings is 1. The number of rotatable bonds is 6. The molecule has 8 rings (SSSR count). The summed E-state index contributed by atoms with van der Waals surface area (Å²) < 4.78 is 22.3. The summed E-state index contributed by atoms with van der Waals surface area (Å²) in [5.74, 6) is 1.12. The van der Waals surface area contributed by atoms with Crippen LogP contribution in [0.25, 0.3) is 61.3 Å². The molecule has 0 aliphatic carbocycles. The number of benzene rings is 5. The number of hydrogen-bond donors (Lipinski definition) is 0. The van der Waals surface area contributed by atoms with Crippen LogP contribution in [0.15, 0.2) is 120 Å². The van der Waals surface area contributed by atoms with Crippen LogP contribution in [0.5, 0.6) is 0 Å². The van der Waals surface area contributed by atoms with E-state index in [0.717, 1.165) is 56.6 Å². The second-order valence-electron chi connectivity index (χ2n) is 16.2. The maximum Gasteiger partial charge on any atom is 0.124 e. The van der Waals surface area contributed by atoms with Gasteiger partial charge in [-0.05, 0) is 76.7 Å². The standard InChI is InChI=1S/C29H22FN2O.C18H24NSi.Ir/c1-29(2,3)18-11-14-20(15-12-18)32-25-10-5-4-9-24(25)31-28(32)22-8-6-7-21-23-17-19(30)13-16-26(23)33-27(21)22;1-14(2)11-16-12-17(15-9-7-6-8-10-15)19-13-18(16)20(3,4)5;/h4-7,9-17H,1-3H3;6-9,12-14H,11H2,1-5H3;/q2*-1;. The normalized spacial score (nSPS) is 11.9. The molecule has 0 amide bonds. The van der Waals surface area contributed by atoms with Crippen LogP contribution in [0, 0.1) is 23.9 Å². The zero-order valence-corrected chi connectivity index (χ0v) is 35.6. The fraction of sp³-hybridized carbons (Fsp3) is 0.234. The van der Waals surface area contributed by atoms with E-state index in [9.17, 15) is 4.39 Å². The maximum absolute atomic E-state index is 13.9. The van der Waals surface area contributed by atoms with Crippen molar-refractivity contribution in [3.8, 4) is 28.3 Å². The van der Waals surface area contributed by atoms with Gasteiger partial charge in [0.1, 0.15) is 11.4 Å². The zero-order valence-electron chi connectivity index (χ0n) is 32.2. The van der Waals surface area contributed by atoms with Gasteiger partial charge >= 0.3 is 0 Å². The minimum Gasteiger partial charge on any atom is -0.501 e.